The van der Waals surface area contributed by atoms with Crippen LogP contribution < -0.4 is 19.5 Å². The Morgan fingerprint density at radius 3 is 2.50 bits per heavy atom. The zero-order valence-corrected chi connectivity index (χ0v) is 19.5. The Morgan fingerprint density at radius 1 is 1.00 bits per heavy atom. The number of nitrogens with one attached hydrogen (secondary N) is 1. The number of carbonyl (C=O) groups is 2. The maximum atomic E-state index is 11.8. The van der Waals surface area contributed by atoms with E-state index < -0.39 is 5.25 Å². The number of aromatic nitrogens is 2. The Balaban J connectivity index is 1.24. The van der Waals surface area contributed by atoms with Crippen molar-refractivity contribution in [2.75, 3.05) is 13.2 Å². The lowest BCUT2D eigenvalue weighted by Crippen LogP contribution is -2.20. The maximum Gasteiger partial charge on any atom is 0.286 e. The predicted octanol–water partition coefficient (Wildman–Crippen LogP) is 5.09. The number of imide groups is 1. The summed E-state index contributed by atoms with van der Waals surface area (Å²) in [6.45, 7) is 3.13. The van der Waals surface area contributed by atoms with E-state index in [0.717, 1.165) is 41.5 Å². The molecule has 34 heavy (non-hydrogen) atoms. The van der Waals surface area contributed by atoms with Gasteiger partial charge in [-0.05, 0) is 59.6 Å². The zero-order valence-electron chi connectivity index (χ0n) is 18.7. The average molecular weight is 480 g/mol. The van der Waals surface area contributed by atoms with Gasteiger partial charge in [-0.15, -0.1) is 0 Å². The lowest BCUT2D eigenvalue weighted by molar-refractivity contribution is -0.119. The number of carbonyl (C=O) groups excluding carboxylic acids is 2. The van der Waals surface area contributed by atoms with Crippen molar-refractivity contribution < 1.29 is 23.8 Å². The molecule has 1 aliphatic rings. The van der Waals surface area contributed by atoms with E-state index in [9.17, 15) is 9.59 Å². The summed E-state index contributed by atoms with van der Waals surface area (Å²) in [5.41, 5.74) is 1.85. The molecule has 8 nitrogen and oxygen atoms in total. The lowest BCUT2D eigenvalue weighted by Gasteiger charge is -2.13. The molecule has 9 heteroatoms. The van der Waals surface area contributed by atoms with E-state index in [0.29, 0.717) is 37.0 Å². The summed E-state index contributed by atoms with van der Waals surface area (Å²) < 4.78 is 17.6. The smallest absolute Gasteiger partial charge is 0.286 e. The van der Waals surface area contributed by atoms with Crippen molar-refractivity contribution in [1.82, 2.24) is 15.3 Å². The molecule has 176 valence electrons. The summed E-state index contributed by atoms with van der Waals surface area (Å²) in [6, 6.07) is 13.0. The number of thioether (sulfide) groups is 1. The van der Waals surface area contributed by atoms with E-state index in [-0.39, 0.29) is 11.1 Å². The Kier molecular flexibility index (Phi) is 7.98. The quantitative estimate of drug-likeness (QED) is 0.380. The molecule has 0 radical (unpaired) electrons. The van der Waals surface area contributed by atoms with Crippen molar-refractivity contribution in [1.29, 1.82) is 0 Å². The molecule has 0 aliphatic carbocycles. The monoisotopic (exact) mass is 479 g/mol. The van der Waals surface area contributed by atoms with Crippen molar-refractivity contribution >= 4 is 22.9 Å². The maximum absolute atomic E-state index is 11.8. The molecule has 0 spiro atoms. The summed E-state index contributed by atoms with van der Waals surface area (Å²) in [5, 5.41) is 1.48. The first-order chi connectivity index (χ1) is 16.6. The van der Waals surface area contributed by atoms with Crippen LogP contribution in [0.4, 0.5) is 4.79 Å². The second-order valence-electron chi connectivity index (χ2n) is 7.56. The van der Waals surface area contributed by atoms with Crippen LogP contribution in [0.1, 0.15) is 36.1 Å². The standard InChI is InChI=1S/C25H25N3O5S/c1-2-4-18-15-20(33-22-16-26-11-12-27-22)9-10-21(18)32-14-3-13-31-19-7-5-17(6-8-19)23-24(29)28-25(30)34-23/h5-12,15-16,23H,2-4,13-14H2,1H3,(H,28,29,30). The normalized spacial score (nSPS) is 15.1. The van der Waals surface area contributed by atoms with Gasteiger partial charge in [-0.3, -0.25) is 19.9 Å². The van der Waals surface area contributed by atoms with Gasteiger partial charge in [0.05, 0.1) is 19.4 Å². The molecule has 3 aromatic rings. The second-order valence-corrected chi connectivity index (χ2v) is 8.64. The van der Waals surface area contributed by atoms with Gasteiger partial charge in [0.15, 0.2) is 0 Å². The van der Waals surface area contributed by atoms with Crippen LogP contribution in [0.25, 0.3) is 0 Å². The number of benzene rings is 2. The van der Waals surface area contributed by atoms with E-state index in [4.69, 9.17) is 14.2 Å². The SMILES string of the molecule is CCCc1cc(Oc2cnccn2)ccc1OCCCOc1ccc(C2SC(=O)NC2=O)cc1. The molecule has 2 amide bonds. The van der Waals surface area contributed by atoms with Crippen LogP contribution in [-0.4, -0.2) is 34.3 Å². The highest BCUT2D eigenvalue weighted by Gasteiger charge is 2.32. The number of hydrogen-bond acceptors (Lipinski definition) is 8. The fourth-order valence-electron chi connectivity index (χ4n) is 3.43. The molecule has 4 rings (SSSR count). The van der Waals surface area contributed by atoms with Crippen LogP contribution in [0, 0.1) is 0 Å². The van der Waals surface area contributed by atoms with Gasteiger partial charge < -0.3 is 14.2 Å². The van der Waals surface area contributed by atoms with Crippen LogP contribution in [0.15, 0.2) is 61.1 Å². The highest BCUT2D eigenvalue weighted by atomic mass is 32.2. The molecular weight excluding hydrogens is 454 g/mol. The van der Waals surface area contributed by atoms with E-state index in [1.165, 1.54) is 0 Å². The van der Waals surface area contributed by atoms with Gasteiger partial charge >= 0.3 is 0 Å². The summed E-state index contributed by atoms with van der Waals surface area (Å²) in [4.78, 5) is 31.3. The Bertz CT molecular complexity index is 1130. The third-order valence-electron chi connectivity index (χ3n) is 5.00. The van der Waals surface area contributed by atoms with Gasteiger partial charge in [-0.2, -0.15) is 0 Å². The first-order valence-electron chi connectivity index (χ1n) is 11.1. The van der Waals surface area contributed by atoms with Crippen LogP contribution in [0.2, 0.25) is 0 Å². The number of amides is 2. The zero-order chi connectivity index (χ0) is 23.8. The number of aryl methyl sites for hydroxylation is 1. The summed E-state index contributed by atoms with van der Waals surface area (Å²) in [5.74, 6) is 2.40. The average Bonchev–Trinajstić information content (AvgIpc) is 3.19. The van der Waals surface area contributed by atoms with E-state index in [1.54, 1.807) is 18.6 Å². The number of ether oxygens (including phenoxy) is 3. The minimum Gasteiger partial charge on any atom is -0.493 e. The van der Waals surface area contributed by atoms with E-state index in [1.807, 2.05) is 42.5 Å². The van der Waals surface area contributed by atoms with Crippen molar-refractivity contribution in [3.63, 3.8) is 0 Å². The Hall–Kier alpha value is -3.59. The molecule has 2 heterocycles. The molecule has 0 bridgehead atoms. The van der Waals surface area contributed by atoms with Crippen LogP contribution in [-0.2, 0) is 11.2 Å². The van der Waals surface area contributed by atoms with Gasteiger partial charge in [0, 0.05) is 18.8 Å². The molecule has 0 saturated carbocycles. The fourth-order valence-corrected chi connectivity index (χ4v) is 4.26. The minimum absolute atomic E-state index is 0.281. The first-order valence-corrected chi connectivity index (χ1v) is 11.9. The van der Waals surface area contributed by atoms with Crippen molar-refractivity contribution in [3.05, 3.63) is 72.2 Å². The molecule has 1 saturated heterocycles. The van der Waals surface area contributed by atoms with Gasteiger partial charge in [0.25, 0.3) is 5.24 Å². The largest absolute Gasteiger partial charge is 0.493 e. The van der Waals surface area contributed by atoms with Crippen LogP contribution in [0.5, 0.6) is 23.1 Å². The predicted molar refractivity (Wildman–Crippen MR) is 128 cm³/mol. The van der Waals surface area contributed by atoms with Gasteiger partial charge in [0.1, 0.15) is 22.5 Å². The third-order valence-corrected chi connectivity index (χ3v) is 6.04. The minimum atomic E-state index is -0.496. The van der Waals surface area contributed by atoms with Gasteiger partial charge in [-0.25, -0.2) is 4.98 Å². The molecule has 1 aromatic heterocycles. The van der Waals surface area contributed by atoms with E-state index in [2.05, 4.69) is 22.2 Å². The third kappa shape index (κ3) is 6.26. The molecule has 1 aliphatic heterocycles. The summed E-state index contributed by atoms with van der Waals surface area (Å²) >= 11 is 0.990. The number of hydrogen-bond donors (Lipinski definition) is 1. The van der Waals surface area contributed by atoms with Crippen LogP contribution in [0.3, 0.4) is 0 Å². The van der Waals surface area contributed by atoms with Crippen molar-refractivity contribution in [3.8, 4) is 23.1 Å². The number of nitrogens with zero attached hydrogens (tertiary/aromatic N) is 2. The molecule has 1 N–H and O–H groups in total. The molecule has 1 unspecified atom stereocenters. The number of rotatable bonds is 11. The van der Waals surface area contributed by atoms with E-state index >= 15 is 0 Å². The lowest BCUT2D eigenvalue weighted by atomic mass is 10.1. The summed E-state index contributed by atoms with van der Waals surface area (Å²) in [6.07, 6.45) is 7.33. The molecule has 1 fully saturated rings. The second kappa shape index (κ2) is 11.5. The Morgan fingerprint density at radius 2 is 1.79 bits per heavy atom. The highest BCUT2D eigenvalue weighted by Crippen LogP contribution is 2.34. The molecule has 2 aromatic carbocycles. The molecule has 1 atom stereocenters. The van der Waals surface area contributed by atoms with Gasteiger partial charge in [0.2, 0.25) is 11.8 Å². The van der Waals surface area contributed by atoms with Gasteiger partial charge in [-0.1, -0.05) is 25.5 Å². The van der Waals surface area contributed by atoms with Crippen LogP contribution >= 0.6 is 11.8 Å². The Labute approximate surface area is 202 Å². The fraction of sp³-hybridized carbons (Fsp3) is 0.280. The van der Waals surface area contributed by atoms with Crippen molar-refractivity contribution in [2.45, 2.75) is 31.4 Å². The topological polar surface area (TPSA) is 99.6 Å². The molecular formula is C25H25N3O5S. The van der Waals surface area contributed by atoms with Crippen molar-refractivity contribution in [2.24, 2.45) is 0 Å². The summed E-state index contributed by atoms with van der Waals surface area (Å²) in [7, 11) is 0. The first kappa shape index (κ1) is 23.6. The highest BCUT2D eigenvalue weighted by molar-refractivity contribution is 8.15.